The number of ether oxygens (including phenoxy) is 1. The third-order valence-corrected chi connectivity index (χ3v) is 6.94. The molecule has 0 spiro atoms. The zero-order valence-electron chi connectivity index (χ0n) is 19.8. The number of carbonyl (C=O) groups is 1. The number of hydrogen-bond acceptors (Lipinski definition) is 5. The number of carbonyl (C=O) groups excluding carboxylic acids is 1. The summed E-state index contributed by atoms with van der Waals surface area (Å²) in [5.74, 6) is 0.606. The predicted molar refractivity (Wildman–Crippen MR) is 134 cm³/mol. The van der Waals surface area contributed by atoms with E-state index in [1.54, 1.807) is 13.4 Å². The van der Waals surface area contributed by atoms with Crippen molar-refractivity contribution in [1.82, 2.24) is 14.9 Å². The predicted octanol–water partition coefficient (Wildman–Crippen LogP) is 4.83. The first-order valence-corrected chi connectivity index (χ1v) is 12.3. The summed E-state index contributed by atoms with van der Waals surface area (Å²) in [5, 5.41) is 3.76. The summed E-state index contributed by atoms with van der Waals surface area (Å²) >= 11 is 0. The largest absolute Gasteiger partial charge is 0.496 e. The van der Waals surface area contributed by atoms with Crippen molar-refractivity contribution in [1.29, 1.82) is 0 Å². The monoisotopic (exact) mass is 459 g/mol. The van der Waals surface area contributed by atoms with Gasteiger partial charge < -0.3 is 24.8 Å². The van der Waals surface area contributed by atoms with Gasteiger partial charge in [0.2, 0.25) is 0 Å². The van der Waals surface area contributed by atoms with Crippen LogP contribution in [0.1, 0.15) is 53.7 Å². The van der Waals surface area contributed by atoms with Gasteiger partial charge in [-0.05, 0) is 42.7 Å². The Hall–Kier alpha value is -3.48. The first-order chi connectivity index (χ1) is 16.7. The van der Waals surface area contributed by atoms with Crippen molar-refractivity contribution in [3.05, 3.63) is 71.8 Å². The molecule has 1 amide bonds. The lowest BCUT2D eigenvalue weighted by molar-refractivity contribution is 0.0748. The van der Waals surface area contributed by atoms with Gasteiger partial charge in [-0.2, -0.15) is 0 Å². The highest BCUT2D eigenvalue weighted by atomic mass is 16.5. The second kappa shape index (κ2) is 10.2. The first kappa shape index (κ1) is 22.3. The van der Waals surface area contributed by atoms with Gasteiger partial charge in [0.25, 0.3) is 5.91 Å². The molecule has 1 aliphatic heterocycles. The number of rotatable bonds is 6. The van der Waals surface area contributed by atoms with Crippen molar-refractivity contribution in [2.45, 2.75) is 51.2 Å². The number of hydrogen-bond donors (Lipinski definition) is 2. The summed E-state index contributed by atoms with van der Waals surface area (Å²) in [6.07, 6.45) is 9.99. The van der Waals surface area contributed by atoms with Crippen molar-refractivity contribution < 1.29 is 9.53 Å². The van der Waals surface area contributed by atoms with Crippen LogP contribution in [0.25, 0.3) is 0 Å². The molecule has 2 aromatic carbocycles. The Bertz CT molecular complexity index is 1110. The Kier molecular flexibility index (Phi) is 6.70. The Morgan fingerprint density at radius 3 is 2.79 bits per heavy atom. The second-order valence-corrected chi connectivity index (χ2v) is 9.25. The number of imidazole rings is 1. The topological polar surface area (TPSA) is 73.5 Å². The smallest absolute Gasteiger partial charge is 0.257 e. The lowest BCUT2D eigenvalue weighted by atomic mass is 9.95. The minimum atomic E-state index is -0.00352. The van der Waals surface area contributed by atoms with Crippen LogP contribution in [0.3, 0.4) is 0 Å². The number of nitrogens with zero attached hydrogens (tertiary/aromatic N) is 3. The number of nitrogens with one attached hydrogen (secondary N) is 2. The van der Waals surface area contributed by atoms with E-state index in [0.717, 1.165) is 30.0 Å². The standard InChI is InChI=1S/C27H33N5O2/c1-34-26-10-6-5-9-24(26)27(33)32-14-13-31(18-23-16-28-19-29-23)25-15-22(12-11-20(25)17-32)30-21-7-3-2-4-8-21/h5-6,9-12,15-16,19,21,30H,2-4,7-8,13-14,17-18H2,1H3,(H,28,29). The second-order valence-electron chi connectivity index (χ2n) is 9.25. The number of para-hydroxylation sites is 1. The van der Waals surface area contributed by atoms with Crippen LogP contribution in [0.4, 0.5) is 11.4 Å². The lowest BCUT2D eigenvalue weighted by Crippen LogP contribution is -2.35. The molecule has 1 saturated carbocycles. The van der Waals surface area contributed by atoms with E-state index >= 15 is 0 Å². The third kappa shape index (κ3) is 4.88. The van der Waals surface area contributed by atoms with Gasteiger partial charge in [0, 0.05) is 43.2 Å². The van der Waals surface area contributed by atoms with Crippen LogP contribution in [-0.4, -0.2) is 47.0 Å². The van der Waals surface area contributed by atoms with Crippen molar-refractivity contribution in [3.63, 3.8) is 0 Å². The Morgan fingerprint density at radius 1 is 1.15 bits per heavy atom. The zero-order chi connectivity index (χ0) is 23.3. The first-order valence-electron chi connectivity index (χ1n) is 12.3. The van der Waals surface area contributed by atoms with Crippen LogP contribution in [0, 0.1) is 0 Å². The minimum Gasteiger partial charge on any atom is -0.496 e. The number of anilines is 2. The van der Waals surface area contributed by atoms with Gasteiger partial charge in [0.05, 0.1) is 31.2 Å². The molecule has 178 valence electrons. The molecule has 2 heterocycles. The molecule has 7 heteroatoms. The van der Waals surface area contributed by atoms with Crippen LogP contribution < -0.4 is 15.0 Å². The van der Waals surface area contributed by atoms with E-state index < -0.39 is 0 Å². The van der Waals surface area contributed by atoms with Crippen molar-refractivity contribution in [3.8, 4) is 5.75 Å². The molecule has 1 aliphatic carbocycles. The molecule has 0 bridgehead atoms. The fraction of sp³-hybridized carbons (Fsp3) is 0.407. The highest BCUT2D eigenvalue weighted by Crippen LogP contribution is 2.32. The molecule has 34 heavy (non-hydrogen) atoms. The molecule has 0 saturated heterocycles. The average Bonchev–Trinajstić information content (AvgIpc) is 3.33. The van der Waals surface area contributed by atoms with Crippen LogP contribution in [0.15, 0.2) is 55.0 Å². The molecule has 1 fully saturated rings. The highest BCUT2D eigenvalue weighted by molar-refractivity contribution is 5.97. The van der Waals surface area contributed by atoms with Gasteiger partial charge in [-0.1, -0.05) is 37.5 Å². The maximum absolute atomic E-state index is 13.5. The maximum Gasteiger partial charge on any atom is 0.257 e. The van der Waals surface area contributed by atoms with Crippen molar-refractivity contribution in [2.24, 2.45) is 0 Å². The van der Waals surface area contributed by atoms with Crippen LogP contribution in [0.5, 0.6) is 5.75 Å². The average molecular weight is 460 g/mol. The van der Waals surface area contributed by atoms with Gasteiger partial charge in [-0.3, -0.25) is 4.79 Å². The van der Waals surface area contributed by atoms with E-state index in [-0.39, 0.29) is 5.91 Å². The molecule has 2 aliphatic rings. The normalized spacial score (nSPS) is 16.6. The minimum absolute atomic E-state index is 0.00352. The van der Waals surface area contributed by atoms with Crippen LogP contribution in [-0.2, 0) is 13.1 Å². The number of aromatic amines is 1. The van der Waals surface area contributed by atoms with Gasteiger partial charge in [-0.15, -0.1) is 0 Å². The number of methoxy groups -OCH3 is 1. The van der Waals surface area contributed by atoms with Crippen molar-refractivity contribution >= 4 is 17.3 Å². The molecule has 2 N–H and O–H groups in total. The number of H-pyrrole nitrogens is 1. The van der Waals surface area contributed by atoms with E-state index in [4.69, 9.17) is 4.74 Å². The van der Waals surface area contributed by atoms with E-state index in [1.807, 2.05) is 35.4 Å². The van der Waals surface area contributed by atoms with E-state index in [9.17, 15) is 4.79 Å². The Morgan fingerprint density at radius 2 is 2.00 bits per heavy atom. The van der Waals surface area contributed by atoms with E-state index in [1.165, 1.54) is 37.8 Å². The van der Waals surface area contributed by atoms with Gasteiger partial charge >= 0.3 is 0 Å². The highest BCUT2D eigenvalue weighted by Gasteiger charge is 2.26. The van der Waals surface area contributed by atoms with E-state index in [0.29, 0.717) is 30.4 Å². The SMILES string of the molecule is COc1ccccc1C(=O)N1CCN(Cc2cnc[nH]2)c2cc(NC3CCCCC3)ccc2C1. The summed E-state index contributed by atoms with van der Waals surface area (Å²) in [7, 11) is 1.61. The van der Waals surface area contributed by atoms with Gasteiger partial charge in [-0.25, -0.2) is 4.98 Å². The molecule has 0 unspecified atom stereocenters. The number of amides is 1. The zero-order valence-corrected chi connectivity index (χ0v) is 19.8. The summed E-state index contributed by atoms with van der Waals surface area (Å²) < 4.78 is 5.46. The molecule has 0 radical (unpaired) electrons. The fourth-order valence-electron chi connectivity index (χ4n) is 5.12. The number of benzene rings is 2. The van der Waals surface area contributed by atoms with Crippen LogP contribution in [0.2, 0.25) is 0 Å². The molecule has 3 aromatic rings. The summed E-state index contributed by atoms with van der Waals surface area (Å²) in [6, 6.07) is 14.6. The molecule has 7 nitrogen and oxygen atoms in total. The molecule has 1 aromatic heterocycles. The van der Waals surface area contributed by atoms with Gasteiger partial charge in [0.15, 0.2) is 0 Å². The lowest BCUT2D eigenvalue weighted by Gasteiger charge is -2.27. The van der Waals surface area contributed by atoms with Crippen molar-refractivity contribution in [2.75, 3.05) is 30.4 Å². The van der Waals surface area contributed by atoms with E-state index in [2.05, 4.69) is 38.4 Å². The molecular weight excluding hydrogens is 426 g/mol. The molecule has 5 rings (SSSR count). The Labute approximate surface area is 201 Å². The third-order valence-electron chi connectivity index (χ3n) is 6.94. The Balaban J connectivity index is 1.43. The number of aromatic nitrogens is 2. The summed E-state index contributed by atoms with van der Waals surface area (Å²) in [6.45, 7) is 2.65. The quantitative estimate of drug-likeness (QED) is 0.553. The fourth-order valence-corrected chi connectivity index (χ4v) is 5.12. The summed E-state index contributed by atoms with van der Waals surface area (Å²) in [4.78, 5) is 25.2. The maximum atomic E-state index is 13.5. The molecular formula is C27H33N5O2. The molecule has 0 atom stereocenters. The van der Waals surface area contributed by atoms with Gasteiger partial charge in [0.1, 0.15) is 5.75 Å². The van der Waals surface area contributed by atoms with Crippen LogP contribution >= 0.6 is 0 Å². The number of fused-ring (bicyclic) bond motifs is 1. The summed E-state index contributed by atoms with van der Waals surface area (Å²) in [5.41, 5.74) is 5.13.